The van der Waals surface area contributed by atoms with E-state index in [-0.39, 0.29) is 13.1 Å². The lowest BCUT2D eigenvalue weighted by molar-refractivity contribution is -0.136. The molecule has 1 heterocycles. The van der Waals surface area contributed by atoms with Gasteiger partial charge in [-0.25, -0.2) is 0 Å². The monoisotopic (exact) mass is 201 g/mol. The smallest absolute Gasteiger partial charge is 0.317 e. The number of aliphatic hydroxyl groups is 1. The molecule has 0 bridgehead atoms. The van der Waals surface area contributed by atoms with Crippen molar-refractivity contribution >= 4 is 17.3 Å². The number of aliphatic hydroxyl groups excluding tert-OH is 1. The minimum absolute atomic E-state index is 0.124. The summed E-state index contributed by atoms with van der Waals surface area (Å²) in [5.41, 5.74) is 0.822. The second kappa shape index (κ2) is 4.96. The predicted octanol–water partition coefficient (Wildman–Crippen LogP) is 0.456. The summed E-state index contributed by atoms with van der Waals surface area (Å²) in [5, 5.41) is 24.1. The number of nitrogens with one attached hydrogen (secondary N) is 1. The van der Waals surface area contributed by atoms with Crippen molar-refractivity contribution in [3.8, 4) is 0 Å². The first-order chi connectivity index (χ1) is 6.20. The molecule has 0 saturated carbocycles. The lowest BCUT2D eigenvalue weighted by atomic mass is 10.2. The maximum Gasteiger partial charge on any atom is 0.317 e. The molecule has 5 heteroatoms. The lowest BCUT2D eigenvalue weighted by Gasteiger charge is -2.08. The van der Waals surface area contributed by atoms with Crippen LogP contribution in [-0.4, -0.2) is 29.3 Å². The Morgan fingerprint density at radius 3 is 3.00 bits per heavy atom. The highest BCUT2D eigenvalue weighted by atomic mass is 32.1. The first kappa shape index (κ1) is 10.2. The van der Waals surface area contributed by atoms with Crippen LogP contribution in [0.2, 0.25) is 0 Å². The maximum absolute atomic E-state index is 10.1. The van der Waals surface area contributed by atoms with Gasteiger partial charge in [0.1, 0.15) is 0 Å². The van der Waals surface area contributed by atoms with Gasteiger partial charge in [-0.05, 0) is 22.4 Å². The highest BCUT2D eigenvalue weighted by molar-refractivity contribution is 7.07. The summed E-state index contributed by atoms with van der Waals surface area (Å²) in [4.78, 5) is 10.1. The van der Waals surface area contributed by atoms with Crippen molar-refractivity contribution in [2.24, 2.45) is 0 Å². The van der Waals surface area contributed by atoms with E-state index >= 15 is 0 Å². The van der Waals surface area contributed by atoms with E-state index < -0.39 is 12.1 Å². The zero-order valence-corrected chi connectivity index (χ0v) is 7.75. The highest BCUT2D eigenvalue weighted by Crippen LogP contribution is 2.14. The fraction of sp³-hybridized carbons (Fsp3) is 0.375. The van der Waals surface area contributed by atoms with Crippen LogP contribution < -0.4 is 5.32 Å². The van der Waals surface area contributed by atoms with E-state index in [2.05, 4.69) is 5.32 Å². The number of hydrogen-bond acceptors (Lipinski definition) is 4. The maximum atomic E-state index is 10.1. The molecule has 0 amide bonds. The molecule has 3 N–H and O–H groups in total. The largest absolute Gasteiger partial charge is 0.480 e. The molecular formula is C8H11NO3S. The molecule has 0 fully saturated rings. The number of hydrogen-bond donors (Lipinski definition) is 3. The van der Waals surface area contributed by atoms with Crippen molar-refractivity contribution < 1.29 is 15.0 Å². The quantitative estimate of drug-likeness (QED) is 0.647. The molecule has 0 aromatic carbocycles. The van der Waals surface area contributed by atoms with Gasteiger partial charge in [0.25, 0.3) is 0 Å². The van der Waals surface area contributed by atoms with Crippen LogP contribution in [0.5, 0.6) is 0 Å². The first-order valence-corrected chi connectivity index (χ1v) is 4.77. The molecule has 1 unspecified atom stereocenters. The van der Waals surface area contributed by atoms with Crippen LogP contribution in [0.1, 0.15) is 11.7 Å². The van der Waals surface area contributed by atoms with E-state index in [1.165, 1.54) is 11.3 Å². The van der Waals surface area contributed by atoms with Crippen LogP contribution in [-0.2, 0) is 4.79 Å². The van der Waals surface area contributed by atoms with Crippen LogP contribution in [0.15, 0.2) is 16.8 Å². The number of carboxylic acid groups (broad SMARTS) is 1. The minimum atomic E-state index is -0.919. The van der Waals surface area contributed by atoms with Gasteiger partial charge in [-0.3, -0.25) is 4.79 Å². The van der Waals surface area contributed by atoms with E-state index in [1.807, 2.05) is 16.8 Å². The fourth-order valence-electron chi connectivity index (χ4n) is 0.898. The Hall–Kier alpha value is -0.910. The number of rotatable bonds is 5. The average Bonchev–Trinajstić information content (AvgIpc) is 2.55. The molecule has 1 aromatic heterocycles. The van der Waals surface area contributed by atoms with Crippen molar-refractivity contribution in [3.63, 3.8) is 0 Å². The van der Waals surface area contributed by atoms with Crippen molar-refractivity contribution in [3.05, 3.63) is 22.4 Å². The topological polar surface area (TPSA) is 69.6 Å². The summed E-state index contributed by atoms with van der Waals surface area (Å²) in [6.07, 6.45) is -0.620. The Balaban J connectivity index is 2.26. The number of carboxylic acids is 1. The van der Waals surface area contributed by atoms with Crippen molar-refractivity contribution in [1.82, 2.24) is 5.32 Å². The minimum Gasteiger partial charge on any atom is -0.480 e. The molecule has 1 aromatic rings. The lowest BCUT2D eigenvalue weighted by Crippen LogP contribution is -2.27. The van der Waals surface area contributed by atoms with Gasteiger partial charge in [-0.2, -0.15) is 11.3 Å². The van der Waals surface area contributed by atoms with Gasteiger partial charge in [0, 0.05) is 6.54 Å². The Bertz CT molecular complexity index is 260. The highest BCUT2D eigenvalue weighted by Gasteiger charge is 2.07. The second-order valence-corrected chi connectivity index (χ2v) is 3.38. The van der Waals surface area contributed by atoms with Crippen LogP contribution in [0, 0.1) is 0 Å². The van der Waals surface area contributed by atoms with E-state index in [1.54, 1.807) is 0 Å². The standard InChI is InChI=1S/C8H11NO3S/c10-7(3-9-4-8(11)12)6-1-2-13-5-6/h1-2,5,7,9-10H,3-4H2,(H,11,12). The molecule has 1 rings (SSSR count). The zero-order chi connectivity index (χ0) is 9.68. The van der Waals surface area contributed by atoms with Gasteiger partial charge in [0.05, 0.1) is 12.6 Å². The summed E-state index contributed by atoms with van der Waals surface area (Å²) in [5.74, 6) is -0.919. The van der Waals surface area contributed by atoms with Crippen LogP contribution in [0.4, 0.5) is 0 Å². The molecule has 72 valence electrons. The zero-order valence-electron chi connectivity index (χ0n) is 6.93. The molecule has 0 saturated heterocycles. The Kier molecular flexibility index (Phi) is 3.88. The second-order valence-electron chi connectivity index (χ2n) is 2.60. The molecular weight excluding hydrogens is 190 g/mol. The number of carbonyl (C=O) groups is 1. The Morgan fingerprint density at radius 1 is 1.69 bits per heavy atom. The third kappa shape index (κ3) is 3.54. The van der Waals surface area contributed by atoms with Gasteiger partial charge in [0.2, 0.25) is 0 Å². The van der Waals surface area contributed by atoms with E-state index in [4.69, 9.17) is 5.11 Å². The van der Waals surface area contributed by atoms with Gasteiger partial charge in [-0.1, -0.05) is 0 Å². The van der Waals surface area contributed by atoms with Crippen molar-refractivity contribution in [1.29, 1.82) is 0 Å². The molecule has 0 aliphatic carbocycles. The molecule has 0 aliphatic heterocycles. The average molecular weight is 201 g/mol. The van der Waals surface area contributed by atoms with Crippen molar-refractivity contribution in [2.75, 3.05) is 13.1 Å². The normalized spacial score (nSPS) is 12.7. The molecule has 1 atom stereocenters. The van der Waals surface area contributed by atoms with E-state index in [9.17, 15) is 9.90 Å². The predicted molar refractivity (Wildman–Crippen MR) is 49.8 cm³/mol. The molecule has 0 spiro atoms. The summed E-state index contributed by atoms with van der Waals surface area (Å²) < 4.78 is 0. The molecule has 0 radical (unpaired) electrons. The Labute approximate surface area is 79.8 Å². The van der Waals surface area contributed by atoms with Gasteiger partial charge < -0.3 is 15.5 Å². The fourth-order valence-corrected chi connectivity index (χ4v) is 1.61. The third-order valence-corrected chi connectivity index (χ3v) is 2.24. The summed E-state index contributed by atoms with van der Waals surface area (Å²) in [6, 6.07) is 1.82. The first-order valence-electron chi connectivity index (χ1n) is 3.83. The SMILES string of the molecule is O=C(O)CNCC(O)c1ccsc1. The summed E-state index contributed by atoms with van der Waals surface area (Å²) in [6.45, 7) is 0.143. The van der Waals surface area contributed by atoms with Crippen LogP contribution in [0.25, 0.3) is 0 Å². The van der Waals surface area contributed by atoms with Gasteiger partial charge in [0.15, 0.2) is 0 Å². The van der Waals surface area contributed by atoms with Crippen molar-refractivity contribution in [2.45, 2.75) is 6.10 Å². The van der Waals surface area contributed by atoms with Gasteiger partial charge >= 0.3 is 5.97 Å². The van der Waals surface area contributed by atoms with Gasteiger partial charge in [-0.15, -0.1) is 0 Å². The number of aliphatic carboxylic acids is 1. The Morgan fingerprint density at radius 2 is 2.46 bits per heavy atom. The van der Waals surface area contributed by atoms with E-state index in [0.717, 1.165) is 5.56 Å². The molecule has 4 nitrogen and oxygen atoms in total. The number of thiophene rings is 1. The van der Waals surface area contributed by atoms with E-state index in [0.29, 0.717) is 0 Å². The molecule has 13 heavy (non-hydrogen) atoms. The third-order valence-electron chi connectivity index (χ3n) is 1.54. The summed E-state index contributed by atoms with van der Waals surface area (Å²) in [7, 11) is 0. The molecule has 0 aliphatic rings. The van der Waals surface area contributed by atoms with Crippen LogP contribution in [0.3, 0.4) is 0 Å². The summed E-state index contributed by atoms with van der Waals surface area (Å²) >= 11 is 1.50. The van der Waals surface area contributed by atoms with Crippen LogP contribution >= 0.6 is 11.3 Å².